The summed E-state index contributed by atoms with van der Waals surface area (Å²) in [4.78, 5) is 0. The van der Waals surface area contributed by atoms with Gasteiger partial charge in [-0.05, 0) is 20.6 Å². The largest absolute Gasteiger partial charge is 0.378 e. The SMILES string of the molecule is Nc1nonc1N=Nc1nonc1N. The van der Waals surface area contributed by atoms with Gasteiger partial charge in [-0.3, -0.25) is 0 Å². The molecule has 0 unspecified atom stereocenters. The van der Waals surface area contributed by atoms with Crippen molar-refractivity contribution in [1.29, 1.82) is 0 Å². The Hall–Kier alpha value is -2.52. The lowest BCUT2D eigenvalue weighted by Gasteiger charge is -1.82. The van der Waals surface area contributed by atoms with Gasteiger partial charge in [0.25, 0.3) is 11.6 Å². The van der Waals surface area contributed by atoms with E-state index in [0.717, 1.165) is 0 Å². The lowest BCUT2D eigenvalue weighted by atomic mass is 10.7. The highest BCUT2D eigenvalue weighted by Crippen LogP contribution is 2.21. The number of nitrogens with two attached hydrogens (primary N) is 2. The first kappa shape index (κ1) is 8.10. The molecule has 14 heavy (non-hydrogen) atoms. The Morgan fingerprint density at radius 3 is 1.50 bits per heavy atom. The van der Waals surface area contributed by atoms with Gasteiger partial charge in [0.15, 0.2) is 0 Å². The van der Waals surface area contributed by atoms with Crippen LogP contribution in [0.5, 0.6) is 0 Å². The fraction of sp³-hybridized carbons (Fsp3) is 0. The molecule has 0 aliphatic carbocycles. The second kappa shape index (κ2) is 3.08. The molecule has 2 aromatic heterocycles. The molecule has 0 radical (unpaired) electrons. The summed E-state index contributed by atoms with van der Waals surface area (Å²) >= 11 is 0. The number of anilines is 2. The standard InChI is InChI=1S/C4H4N8O2/c5-1-3(11-13-9-1)7-8-4-2(6)10-14-12-4/h(H2,5,9)(H2,6,10). The van der Waals surface area contributed by atoms with E-state index in [9.17, 15) is 0 Å². The lowest BCUT2D eigenvalue weighted by molar-refractivity contribution is 0.309. The molecule has 10 nitrogen and oxygen atoms in total. The third-order valence-corrected chi connectivity index (χ3v) is 1.23. The molecule has 0 aliphatic heterocycles. The van der Waals surface area contributed by atoms with E-state index in [0.29, 0.717) is 0 Å². The number of hydrogen-bond acceptors (Lipinski definition) is 10. The molecule has 0 saturated carbocycles. The third-order valence-electron chi connectivity index (χ3n) is 1.23. The Balaban J connectivity index is 2.23. The monoisotopic (exact) mass is 196 g/mol. The van der Waals surface area contributed by atoms with Crippen molar-refractivity contribution in [1.82, 2.24) is 20.6 Å². The maximum absolute atomic E-state index is 5.31. The number of aromatic nitrogens is 4. The van der Waals surface area contributed by atoms with E-state index < -0.39 is 0 Å². The summed E-state index contributed by atoms with van der Waals surface area (Å²) in [5.74, 6) is 0.104. The molecule has 0 bridgehead atoms. The predicted molar refractivity (Wildman–Crippen MR) is 41.6 cm³/mol. The van der Waals surface area contributed by atoms with Gasteiger partial charge in [0.05, 0.1) is 0 Å². The van der Waals surface area contributed by atoms with Crippen molar-refractivity contribution in [2.24, 2.45) is 10.2 Å². The first-order valence-corrected chi connectivity index (χ1v) is 3.35. The van der Waals surface area contributed by atoms with Gasteiger partial charge >= 0.3 is 0 Å². The van der Waals surface area contributed by atoms with Gasteiger partial charge in [0, 0.05) is 0 Å². The predicted octanol–water partition coefficient (Wildman–Crippen LogP) is 0.0324. The smallest absolute Gasteiger partial charge is 0.261 e. The molecule has 72 valence electrons. The van der Waals surface area contributed by atoms with Crippen LogP contribution in [0.2, 0.25) is 0 Å². The summed E-state index contributed by atoms with van der Waals surface area (Å²) < 4.78 is 8.55. The third kappa shape index (κ3) is 1.35. The van der Waals surface area contributed by atoms with Gasteiger partial charge in [0.2, 0.25) is 11.6 Å². The molecule has 0 aliphatic rings. The summed E-state index contributed by atoms with van der Waals surface area (Å²) in [6.45, 7) is 0. The van der Waals surface area contributed by atoms with Crippen molar-refractivity contribution in [3.05, 3.63) is 0 Å². The highest BCUT2D eigenvalue weighted by Gasteiger charge is 2.07. The van der Waals surface area contributed by atoms with E-state index in [1.54, 1.807) is 0 Å². The molecule has 0 aromatic carbocycles. The van der Waals surface area contributed by atoms with Crippen molar-refractivity contribution < 1.29 is 9.26 Å². The van der Waals surface area contributed by atoms with E-state index in [2.05, 4.69) is 40.1 Å². The van der Waals surface area contributed by atoms with E-state index >= 15 is 0 Å². The van der Waals surface area contributed by atoms with Crippen molar-refractivity contribution in [2.75, 3.05) is 11.5 Å². The zero-order valence-corrected chi connectivity index (χ0v) is 6.65. The van der Waals surface area contributed by atoms with Crippen LogP contribution < -0.4 is 11.5 Å². The fourth-order valence-corrected chi connectivity index (χ4v) is 0.615. The van der Waals surface area contributed by atoms with E-state index in [1.165, 1.54) is 0 Å². The van der Waals surface area contributed by atoms with Gasteiger partial charge < -0.3 is 11.5 Å². The number of hydrogen-bond donors (Lipinski definition) is 2. The topological polar surface area (TPSA) is 155 Å². The van der Waals surface area contributed by atoms with Crippen LogP contribution >= 0.6 is 0 Å². The van der Waals surface area contributed by atoms with E-state index in [4.69, 9.17) is 11.5 Å². The Morgan fingerprint density at radius 1 is 0.786 bits per heavy atom. The second-order valence-corrected chi connectivity index (χ2v) is 2.15. The van der Waals surface area contributed by atoms with Gasteiger partial charge in [-0.25, -0.2) is 9.26 Å². The minimum atomic E-state index is 0.0174. The Labute approximate surface area is 75.9 Å². The lowest BCUT2D eigenvalue weighted by Crippen LogP contribution is -1.84. The maximum Gasteiger partial charge on any atom is 0.261 e. The number of nitrogens with zero attached hydrogens (tertiary/aromatic N) is 6. The van der Waals surface area contributed by atoms with Crippen LogP contribution in [0.3, 0.4) is 0 Å². The first-order valence-electron chi connectivity index (χ1n) is 3.35. The van der Waals surface area contributed by atoms with Gasteiger partial charge in [0.1, 0.15) is 0 Å². The van der Waals surface area contributed by atoms with Crippen LogP contribution in [0, 0.1) is 0 Å². The summed E-state index contributed by atoms with van der Waals surface area (Å²) in [7, 11) is 0. The second-order valence-electron chi connectivity index (χ2n) is 2.15. The Bertz CT molecular complexity index is 415. The minimum Gasteiger partial charge on any atom is -0.378 e. The fourth-order valence-electron chi connectivity index (χ4n) is 0.615. The zero-order chi connectivity index (χ0) is 9.97. The van der Waals surface area contributed by atoms with Gasteiger partial charge in [-0.2, -0.15) is 0 Å². The van der Waals surface area contributed by atoms with Crippen molar-refractivity contribution in [3.63, 3.8) is 0 Å². The highest BCUT2D eigenvalue weighted by molar-refractivity contribution is 5.51. The van der Waals surface area contributed by atoms with Crippen LogP contribution in [0.25, 0.3) is 0 Å². The molecular formula is C4H4N8O2. The zero-order valence-electron chi connectivity index (χ0n) is 6.65. The Morgan fingerprint density at radius 2 is 1.21 bits per heavy atom. The van der Waals surface area contributed by atoms with Crippen LogP contribution in [0.15, 0.2) is 19.5 Å². The number of nitrogen functional groups attached to an aromatic ring is 2. The first-order chi connectivity index (χ1) is 6.77. The maximum atomic E-state index is 5.31. The van der Waals surface area contributed by atoms with Crippen molar-refractivity contribution in [3.8, 4) is 0 Å². The molecule has 2 rings (SSSR count). The number of azo groups is 1. The van der Waals surface area contributed by atoms with Crippen molar-refractivity contribution >= 4 is 23.3 Å². The van der Waals surface area contributed by atoms with E-state index in [1.807, 2.05) is 0 Å². The molecule has 10 heteroatoms. The molecule has 2 aromatic rings. The highest BCUT2D eigenvalue weighted by atomic mass is 16.6. The van der Waals surface area contributed by atoms with Crippen LogP contribution in [0.4, 0.5) is 23.3 Å². The molecule has 0 spiro atoms. The summed E-state index contributed by atoms with van der Waals surface area (Å²) in [6.07, 6.45) is 0. The average molecular weight is 196 g/mol. The molecule has 0 fully saturated rings. The average Bonchev–Trinajstić information content (AvgIpc) is 2.72. The normalized spacial score (nSPS) is 11.1. The molecule has 0 amide bonds. The Kier molecular flexibility index (Phi) is 1.78. The summed E-state index contributed by atoms with van der Waals surface area (Å²) in [5, 5.41) is 20.4. The molecular weight excluding hydrogens is 192 g/mol. The van der Waals surface area contributed by atoms with E-state index in [-0.39, 0.29) is 23.3 Å². The van der Waals surface area contributed by atoms with Gasteiger partial charge in [-0.1, -0.05) is 0 Å². The van der Waals surface area contributed by atoms with Crippen LogP contribution in [-0.2, 0) is 0 Å². The molecule has 0 saturated heterocycles. The molecule has 0 atom stereocenters. The van der Waals surface area contributed by atoms with Gasteiger partial charge in [-0.15, -0.1) is 10.2 Å². The summed E-state index contributed by atoms with van der Waals surface area (Å²) in [5.41, 5.74) is 10.6. The van der Waals surface area contributed by atoms with Crippen LogP contribution in [-0.4, -0.2) is 20.6 Å². The number of rotatable bonds is 2. The quantitative estimate of drug-likeness (QED) is 0.637. The molecule has 2 heterocycles. The summed E-state index contributed by atoms with van der Waals surface area (Å²) in [6, 6.07) is 0. The van der Waals surface area contributed by atoms with Crippen LogP contribution in [0.1, 0.15) is 0 Å². The van der Waals surface area contributed by atoms with Crippen molar-refractivity contribution in [2.45, 2.75) is 0 Å². The molecule has 4 N–H and O–H groups in total. The minimum absolute atomic E-state index is 0.0174.